The van der Waals surface area contributed by atoms with E-state index in [1.807, 2.05) is 28.5 Å². The summed E-state index contributed by atoms with van der Waals surface area (Å²) in [4.78, 5) is 15.3. The fraction of sp³-hybridized carbons (Fsp3) is 0.333. The van der Waals surface area contributed by atoms with Crippen LogP contribution in [0.3, 0.4) is 0 Å². The van der Waals surface area contributed by atoms with Crippen molar-refractivity contribution < 1.29 is 13.2 Å². The molecule has 1 N–H and O–H groups in total. The Morgan fingerprint density at radius 1 is 1.26 bits per heavy atom. The van der Waals surface area contributed by atoms with E-state index in [4.69, 9.17) is 0 Å². The lowest BCUT2D eigenvalue weighted by Crippen LogP contribution is -2.36. The predicted octanol–water partition coefficient (Wildman–Crippen LogP) is 3.46. The molecule has 0 spiro atoms. The number of carbonyl (C=O) groups excluding carboxylic acids is 1. The molecule has 2 aromatic rings. The molecule has 1 aliphatic heterocycles. The average molecular weight is 424 g/mol. The minimum absolute atomic E-state index is 0.116. The maximum Gasteiger partial charge on any atom is 0.286 e. The van der Waals surface area contributed by atoms with E-state index < -0.39 is 10.0 Å². The highest BCUT2D eigenvalue weighted by Gasteiger charge is 2.30. The molecule has 0 saturated heterocycles. The number of nitrogens with one attached hydrogen (secondary N) is 1. The molecule has 0 bridgehead atoms. The van der Waals surface area contributed by atoms with E-state index in [-0.39, 0.29) is 16.6 Å². The number of rotatable bonds is 7. The van der Waals surface area contributed by atoms with E-state index in [1.54, 1.807) is 29.5 Å². The Bertz CT molecular complexity index is 924. The molecule has 1 aliphatic rings. The van der Waals surface area contributed by atoms with Gasteiger partial charge in [-0.25, -0.2) is 0 Å². The van der Waals surface area contributed by atoms with Crippen molar-refractivity contribution in [3.8, 4) is 0 Å². The Kier molecular flexibility index (Phi) is 6.56. The van der Waals surface area contributed by atoms with Crippen LogP contribution in [0.15, 0.2) is 51.1 Å². The van der Waals surface area contributed by atoms with E-state index in [0.717, 1.165) is 29.5 Å². The zero-order chi connectivity index (χ0) is 19.3. The number of hydrogen-bond acceptors (Lipinski definition) is 6. The van der Waals surface area contributed by atoms with E-state index >= 15 is 0 Å². The molecule has 0 atom stereocenters. The van der Waals surface area contributed by atoms with E-state index in [1.165, 1.54) is 0 Å². The fourth-order valence-electron chi connectivity index (χ4n) is 2.62. The molecular formula is C18H21N3O3S3. The molecule has 6 nitrogen and oxygen atoms in total. The quantitative estimate of drug-likeness (QED) is 0.738. The molecule has 9 heteroatoms. The van der Waals surface area contributed by atoms with E-state index in [0.29, 0.717) is 23.9 Å². The molecule has 3 rings (SSSR count). The Hall–Kier alpha value is -1.84. The Balaban J connectivity index is 1.72. The van der Waals surface area contributed by atoms with Crippen molar-refractivity contribution in [2.75, 3.05) is 17.2 Å². The van der Waals surface area contributed by atoms with E-state index in [9.17, 15) is 13.2 Å². The summed E-state index contributed by atoms with van der Waals surface area (Å²) in [7, 11) is -3.75. The van der Waals surface area contributed by atoms with Gasteiger partial charge in [-0.05, 0) is 30.0 Å². The smallest absolute Gasteiger partial charge is 0.286 e. The molecular weight excluding hydrogens is 402 g/mol. The minimum Gasteiger partial charge on any atom is -0.350 e. The number of sulfonamides is 1. The molecule has 27 heavy (non-hydrogen) atoms. The molecule has 144 valence electrons. The monoisotopic (exact) mass is 423 g/mol. The second kappa shape index (κ2) is 8.90. The van der Waals surface area contributed by atoms with Gasteiger partial charge in [0.2, 0.25) is 5.91 Å². The summed E-state index contributed by atoms with van der Waals surface area (Å²) < 4.78 is 29.0. The van der Waals surface area contributed by atoms with E-state index in [2.05, 4.69) is 16.6 Å². The average Bonchev–Trinajstić information content (AvgIpc) is 3.17. The number of anilines is 1. The Morgan fingerprint density at radius 3 is 2.81 bits per heavy atom. The number of amides is 1. The molecule has 0 saturated carbocycles. The summed E-state index contributed by atoms with van der Waals surface area (Å²) in [5.74, 6) is -0.0346. The van der Waals surface area contributed by atoms with Gasteiger partial charge in [0.05, 0.1) is 18.0 Å². The van der Waals surface area contributed by atoms with Crippen molar-refractivity contribution in [1.29, 1.82) is 0 Å². The van der Waals surface area contributed by atoms with Crippen LogP contribution in [-0.2, 0) is 21.4 Å². The van der Waals surface area contributed by atoms with Gasteiger partial charge >= 0.3 is 0 Å². The van der Waals surface area contributed by atoms with Crippen LogP contribution in [0.1, 0.15) is 24.6 Å². The highest BCUT2D eigenvalue weighted by Crippen LogP contribution is 2.34. The van der Waals surface area contributed by atoms with Gasteiger partial charge in [-0.15, -0.1) is 15.7 Å². The standard InChI is InChI=1S/C18H21N3O3S3/c1-2-3-10-21-15-8-4-5-9-16(15)27(23,24)20-18(21)26-13-17(22)19-12-14-7-6-11-25-14/h4-9,11H,2-3,10,12-13H2,1H3,(H,19,22). The number of carbonyl (C=O) groups is 1. The number of benzene rings is 1. The van der Waals surface area contributed by atoms with Crippen LogP contribution in [0.4, 0.5) is 5.69 Å². The SMILES string of the molecule is CCCCN1C(SCC(=O)NCc2cccs2)=NS(=O)(=O)c2ccccc21. The largest absolute Gasteiger partial charge is 0.350 e. The third-order valence-electron chi connectivity index (χ3n) is 3.97. The summed E-state index contributed by atoms with van der Waals surface area (Å²) in [6, 6.07) is 10.8. The maximum atomic E-state index is 12.5. The number of hydrogen-bond donors (Lipinski definition) is 1. The predicted molar refractivity (Wildman–Crippen MR) is 112 cm³/mol. The molecule has 0 aliphatic carbocycles. The molecule has 0 unspecified atom stereocenters. The van der Waals surface area contributed by atoms with Crippen molar-refractivity contribution in [2.45, 2.75) is 31.2 Å². The first-order valence-corrected chi connectivity index (χ1v) is 11.9. The van der Waals surface area contributed by atoms with Gasteiger partial charge in [-0.1, -0.05) is 43.3 Å². The van der Waals surface area contributed by atoms with Gasteiger partial charge in [0.15, 0.2) is 5.17 Å². The third kappa shape index (κ3) is 4.91. The number of fused-ring (bicyclic) bond motifs is 1. The normalized spacial score (nSPS) is 15.1. The lowest BCUT2D eigenvalue weighted by molar-refractivity contribution is -0.118. The lowest BCUT2D eigenvalue weighted by atomic mass is 10.2. The van der Waals surface area contributed by atoms with Crippen molar-refractivity contribution in [3.63, 3.8) is 0 Å². The summed E-state index contributed by atoms with van der Waals surface area (Å²) in [5.41, 5.74) is 0.627. The van der Waals surface area contributed by atoms with Gasteiger partial charge in [0.1, 0.15) is 4.90 Å². The zero-order valence-corrected chi connectivity index (χ0v) is 17.4. The van der Waals surface area contributed by atoms with Gasteiger partial charge in [-0.2, -0.15) is 8.42 Å². The van der Waals surface area contributed by atoms with Crippen molar-refractivity contribution in [1.82, 2.24) is 5.32 Å². The summed E-state index contributed by atoms with van der Waals surface area (Å²) in [5, 5.41) is 5.16. The van der Waals surface area contributed by atoms with Crippen LogP contribution in [0, 0.1) is 0 Å². The molecule has 2 heterocycles. The number of thioether (sulfide) groups is 1. The Morgan fingerprint density at radius 2 is 2.07 bits per heavy atom. The Labute approximate surface area is 167 Å². The number of thiophene rings is 1. The second-order valence-corrected chi connectivity index (χ2v) is 9.51. The van der Waals surface area contributed by atoms with Gasteiger partial charge in [0, 0.05) is 11.4 Å². The molecule has 1 amide bonds. The summed E-state index contributed by atoms with van der Waals surface area (Å²) >= 11 is 2.73. The molecule has 0 radical (unpaired) electrons. The van der Waals surface area contributed by atoms with Crippen LogP contribution in [-0.4, -0.2) is 31.8 Å². The number of unbranched alkanes of at least 4 members (excludes halogenated alkanes) is 1. The first-order valence-electron chi connectivity index (χ1n) is 8.64. The van der Waals surface area contributed by atoms with Crippen LogP contribution in [0.5, 0.6) is 0 Å². The van der Waals surface area contributed by atoms with Crippen molar-refractivity contribution >= 4 is 49.9 Å². The van der Waals surface area contributed by atoms with Crippen LogP contribution in [0.2, 0.25) is 0 Å². The summed E-state index contributed by atoms with van der Waals surface area (Å²) in [6.45, 7) is 3.21. The van der Waals surface area contributed by atoms with Gasteiger partial charge < -0.3 is 10.2 Å². The second-order valence-electron chi connectivity index (χ2n) is 5.97. The van der Waals surface area contributed by atoms with Gasteiger partial charge in [0.25, 0.3) is 10.0 Å². The zero-order valence-electron chi connectivity index (χ0n) is 14.9. The molecule has 1 aromatic heterocycles. The first kappa shape index (κ1) is 19.9. The highest BCUT2D eigenvalue weighted by atomic mass is 32.2. The van der Waals surface area contributed by atoms with Crippen molar-refractivity contribution in [2.24, 2.45) is 4.40 Å². The molecule has 0 fully saturated rings. The van der Waals surface area contributed by atoms with Crippen LogP contribution in [0.25, 0.3) is 0 Å². The third-order valence-corrected chi connectivity index (χ3v) is 7.25. The maximum absolute atomic E-state index is 12.5. The minimum atomic E-state index is -3.75. The van der Waals surface area contributed by atoms with Gasteiger partial charge in [-0.3, -0.25) is 4.79 Å². The van der Waals surface area contributed by atoms with Crippen molar-refractivity contribution in [3.05, 3.63) is 46.7 Å². The number of amidine groups is 1. The van der Waals surface area contributed by atoms with Crippen LogP contribution < -0.4 is 10.2 Å². The number of para-hydroxylation sites is 1. The topological polar surface area (TPSA) is 78.8 Å². The molecule has 1 aromatic carbocycles. The lowest BCUT2D eigenvalue weighted by Gasteiger charge is -2.30. The summed E-state index contributed by atoms with van der Waals surface area (Å²) in [6.07, 6.45) is 1.88. The first-order chi connectivity index (χ1) is 13.0. The highest BCUT2D eigenvalue weighted by molar-refractivity contribution is 8.15. The number of nitrogens with zero attached hydrogens (tertiary/aromatic N) is 2. The fourth-order valence-corrected chi connectivity index (χ4v) is 5.57. The van der Waals surface area contributed by atoms with Crippen LogP contribution >= 0.6 is 23.1 Å².